The van der Waals surface area contributed by atoms with Gasteiger partial charge >= 0.3 is 0 Å². The van der Waals surface area contributed by atoms with Gasteiger partial charge in [-0.05, 0) is 44.1 Å². The van der Waals surface area contributed by atoms with Gasteiger partial charge in [0.15, 0.2) is 0 Å². The van der Waals surface area contributed by atoms with E-state index < -0.39 is 0 Å². The summed E-state index contributed by atoms with van der Waals surface area (Å²) in [5, 5.41) is 2.94. The Morgan fingerprint density at radius 1 is 1.42 bits per heavy atom. The highest BCUT2D eigenvalue weighted by Crippen LogP contribution is 2.40. The van der Waals surface area contributed by atoms with Crippen LogP contribution in [0, 0.1) is 11.3 Å². The zero-order chi connectivity index (χ0) is 13.9. The van der Waals surface area contributed by atoms with Gasteiger partial charge in [-0.15, -0.1) is 0 Å². The number of hydrogen-bond acceptors (Lipinski definition) is 3. The van der Waals surface area contributed by atoms with Gasteiger partial charge < -0.3 is 11.1 Å². The second-order valence-electron chi connectivity index (χ2n) is 6.97. The van der Waals surface area contributed by atoms with Crippen molar-refractivity contribution >= 4 is 5.91 Å². The molecule has 4 nitrogen and oxygen atoms in total. The molecular formula is C15H29N3O. The van der Waals surface area contributed by atoms with E-state index in [0.29, 0.717) is 24.5 Å². The molecule has 3 N–H and O–H groups in total. The Bertz CT molecular complexity index is 317. The van der Waals surface area contributed by atoms with Gasteiger partial charge in [-0.1, -0.05) is 13.8 Å². The summed E-state index contributed by atoms with van der Waals surface area (Å²) in [5.74, 6) is 0.372. The monoisotopic (exact) mass is 267 g/mol. The minimum atomic E-state index is 0.170. The van der Waals surface area contributed by atoms with E-state index in [1.54, 1.807) is 0 Å². The molecule has 0 aromatic heterocycles. The van der Waals surface area contributed by atoms with Crippen LogP contribution in [0.4, 0.5) is 0 Å². The molecule has 110 valence electrons. The second-order valence-corrected chi connectivity index (χ2v) is 6.97. The summed E-state index contributed by atoms with van der Waals surface area (Å²) < 4.78 is 0. The molecule has 1 saturated heterocycles. The van der Waals surface area contributed by atoms with Crippen LogP contribution in [0.3, 0.4) is 0 Å². The molecule has 2 aliphatic rings. The number of nitrogens with two attached hydrogens (primary N) is 1. The first-order chi connectivity index (χ1) is 9.02. The van der Waals surface area contributed by atoms with Crippen LogP contribution in [0.5, 0.6) is 0 Å². The van der Waals surface area contributed by atoms with E-state index in [-0.39, 0.29) is 11.8 Å². The van der Waals surface area contributed by atoms with Crippen molar-refractivity contribution in [2.45, 2.75) is 52.0 Å². The highest BCUT2D eigenvalue weighted by molar-refractivity contribution is 5.78. The van der Waals surface area contributed by atoms with Gasteiger partial charge in [0.05, 0.1) is 5.92 Å². The fourth-order valence-electron chi connectivity index (χ4n) is 3.60. The third-order valence-electron chi connectivity index (χ3n) is 4.73. The molecule has 0 aromatic rings. The highest BCUT2D eigenvalue weighted by Gasteiger charge is 2.37. The number of amides is 1. The molecule has 2 unspecified atom stereocenters. The molecule has 0 spiro atoms. The largest absolute Gasteiger partial charge is 0.355 e. The SMILES string of the molecule is CC1(C)CCC(N2CCCC(C(=O)NCCN)C2)C1. The van der Waals surface area contributed by atoms with Gasteiger partial charge in [-0.3, -0.25) is 9.69 Å². The summed E-state index contributed by atoms with van der Waals surface area (Å²) in [6, 6.07) is 0.695. The molecule has 0 bridgehead atoms. The number of hydrogen-bond donors (Lipinski definition) is 2. The van der Waals surface area contributed by atoms with Crippen molar-refractivity contribution in [3.05, 3.63) is 0 Å². The number of piperidine rings is 1. The van der Waals surface area contributed by atoms with Crippen molar-refractivity contribution in [1.82, 2.24) is 10.2 Å². The van der Waals surface area contributed by atoms with Crippen LogP contribution in [0.2, 0.25) is 0 Å². The van der Waals surface area contributed by atoms with Crippen LogP contribution in [-0.4, -0.2) is 43.0 Å². The molecule has 1 amide bonds. The predicted molar refractivity (Wildman–Crippen MR) is 77.8 cm³/mol. The van der Waals surface area contributed by atoms with Gasteiger partial charge in [-0.2, -0.15) is 0 Å². The first-order valence-corrected chi connectivity index (χ1v) is 7.74. The average Bonchev–Trinajstić information content (AvgIpc) is 2.76. The van der Waals surface area contributed by atoms with Crippen molar-refractivity contribution < 1.29 is 4.79 Å². The minimum Gasteiger partial charge on any atom is -0.355 e. The van der Waals surface area contributed by atoms with Crippen molar-refractivity contribution in [2.24, 2.45) is 17.1 Å². The van der Waals surface area contributed by atoms with E-state index >= 15 is 0 Å². The van der Waals surface area contributed by atoms with Gasteiger partial charge in [0.25, 0.3) is 0 Å². The Kier molecular flexibility index (Phi) is 4.85. The number of nitrogens with zero attached hydrogens (tertiary/aromatic N) is 1. The van der Waals surface area contributed by atoms with Crippen LogP contribution in [0.25, 0.3) is 0 Å². The van der Waals surface area contributed by atoms with Crippen LogP contribution in [-0.2, 0) is 4.79 Å². The molecule has 1 saturated carbocycles. The predicted octanol–water partition coefficient (Wildman–Crippen LogP) is 1.35. The summed E-state index contributed by atoms with van der Waals surface area (Å²) >= 11 is 0. The van der Waals surface area contributed by atoms with Crippen LogP contribution in [0.1, 0.15) is 46.0 Å². The van der Waals surface area contributed by atoms with Gasteiger partial charge in [0.1, 0.15) is 0 Å². The number of carbonyl (C=O) groups is 1. The normalized spacial score (nSPS) is 31.3. The number of carbonyl (C=O) groups excluding carboxylic acids is 1. The molecule has 0 aromatic carbocycles. The van der Waals surface area contributed by atoms with Crippen LogP contribution >= 0.6 is 0 Å². The van der Waals surface area contributed by atoms with Crippen LogP contribution < -0.4 is 11.1 Å². The molecule has 2 fully saturated rings. The number of nitrogens with one attached hydrogen (secondary N) is 1. The summed E-state index contributed by atoms with van der Waals surface area (Å²) in [4.78, 5) is 14.6. The zero-order valence-corrected chi connectivity index (χ0v) is 12.5. The fourth-order valence-corrected chi connectivity index (χ4v) is 3.60. The molecule has 1 aliphatic carbocycles. The minimum absolute atomic E-state index is 0.170. The Morgan fingerprint density at radius 2 is 2.21 bits per heavy atom. The number of likely N-dealkylation sites (tertiary alicyclic amines) is 1. The maximum absolute atomic E-state index is 12.1. The molecule has 0 radical (unpaired) electrons. The van der Waals surface area contributed by atoms with Gasteiger partial charge in [0, 0.05) is 25.7 Å². The summed E-state index contributed by atoms with van der Waals surface area (Å²) in [5.41, 5.74) is 5.92. The lowest BCUT2D eigenvalue weighted by atomic mass is 9.90. The maximum atomic E-state index is 12.1. The van der Waals surface area contributed by atoms with Crippen LogP contribution in [0.15, 0.2) is 0 Å². The summed E-state index contributed by atoms with van der Waals surface area (Å²) in [6.07, 6.45) is 6.08. The standard InChI is InChI=1S/C15H29N3O/c1-15(2)6-5-13(10-15)18-9-3-4-12(11-18)14(19)17-8-7-16/h12-13H,3-11,16H2,1-2H3,(H,17,19). The smallest absolute Gasteiger partial charge is 0.224 e. The summed E-state index contributed by atoms with van der Waals surface area (Å²) in [6.45, 7) is 7.97. The Balaban J connectivity index is 1.85. The van der Waals surface area contributed by atoms with Gasteiger partial charge in [0.2, 0.25) is 5.91 Å². The van der Waals surface area contributed by atoms with Gasteiger partial charge in [-0.25, -0.2) is 0 Å². The lowest BCUT2D eigenvalue weighted by molar-refractivity contribution is -0.126. The Hall–Kier alpha value is -0.610. The van der Waals surface area contributed by atoms with Crippen molar-refractivity contribution in [3.8, 4) is 0 Å². The molecule has 19 heavy (non-hydrogen) atoms. The first-order valence-electron chi connectivity index (χ1n) is 7.74. The van der Waals surface area contributed by atoms with E-state index in [1.165, 1.54) is 25.8 Å². The third-order valence-corrected chi connectivity index (χ3v) is 4.73. The average molecular weight is 267 g/mol. The van der Waals surface area contributed by atoms with E-state index in [0.717, 1.165) is 19.4 Å². The molecule has 1 aliphatic heterocycles. The molecule has 4 heteroatoms. The maximum Gasteiger partial charge on any atom is 0.224 e. The molecule has 1 heterocycles. The third kappa shape index (κ3) is 3.93. The molecular weight excluding hydrogens is 238 g/mol. The van der Waals surface area contributed by atoms with Crippen molar-refractivity contribution in [2.75, 3.05) is 26.2 Å². The zero-order valence-electron chi connectivity index (χ0n) is 12.5. The second kappa shape index (κ2) is 6.23. The van der Waals surface area contributed by atoms with E-state index in [2.05, 4.69) is 24.1 Å². The molecule has 2 atom stereocenters. The van der Waals surface area contributed by atoms with Crippen molar-refractivity contribution in [1.29, 1.82) is 0 Å². The topological polar surface area (TPSA) is 58.4 Å². The fraction of sp³-hybridized carbons (Fsp3) is 0.933. The van der Waals surface area contributed by atoms with E-state index in [4.69, 9.17) is 5.73 Å². The van der Waals surface area contributed by atoms with E-state index in [9.17, 15) is 4.79 Å². The Labute approximate surface area is 117 Å². The summed E-state index contributed by atoms with van der Waals surface area (Å²) in [7, 11) is 0. The quantitative estimate of drug-likeness (QED) is 0.808. The number of rotatable bonds is 4. The van der Waals surface area contributed by atoms with Crippen molar-refractivity contribution in [3.63, 3.8) is 0 Å². The van der Waals surface area contributed by atoms with E-state index in [1.807, 2.05) is 0 Å². The highest BCUT2D eigenvalue weighted by atomic mass is 16.1. The molecule has 2 rings (SSSR count). The Morgan fingerprint density at radius 3 is 2.84 bits per heavy atom. The first kappa shape index (κ1) is 14.8. The lowest BCUT2D eigenvalue weighted by Gasteiger charge is -2.36. The lowest BCUT2D eigenvalue weighted by Crippen LogP contribution is -2.47.